The molecule has 0 spiro atoms. The van der Waals surface area contributed by atoms with Crippen LogP contribution >= 0.6 is 0 Å². The van der Waals surface area contributed by atoms with E-state index in [4.69, 9.17) is 4.74 Å². The molecule has 1 aliphatic heterocycles. The highest BCUT2D eigenvalue weighted by atomic mass is 16.5. The third kappa shape index (κ3) is 5.29. The second-order valence-corrected chi connectivity index (χ2v) is 6.42. The smallest absolute Gasteiger partial charge is 0.126 e. The van der Waals surface area contributed by atoms with Crippen molar-refractivity contribution in [3.8, 4) is 5.75 Å². The zero-order valence-electron chi connectivity index (χ0n) is 13.6. The summed E-state index contributed by atoms with van der Waals surface area (Å²) >= 11 is 0. The summed E-state index contributed by atoms with van der Waals surface area (Å²) in [7, 11) is 2.21. The average molecular weight is 291 g/mol. The molecule has 1 saturated heterocycles. The Kier molecular flexibility index (Phi) is 6.46. The van der Waals surface area contributed by atoms with Crippen LogP contribution in [0.5, 0.6) is 5.75 Å². The lowest BCUT2D eigenvalue weighted by Crippen LogP contribution is -2.26. The van der Waals surface area contributed by atoms with E-state index in [1.165, 1.54) is 19.4 Å². The van der Waals surface area contributed by atoms with Crippen molar-refractivity contribution in [2.75, 3.05) is 26.7 Å². The van der Waals surface area contributed by atoms with Crippen LogP contribution in [0.4, 0.5) is 0 Å². The van der Waals surface area contributed by atoms with Crippen LogP contribution in [0.25, 0.3) is 0 Å². The third-order valence-electron chi connectivity index (χ3n) is 4.11. The van der Waals surface area contributed by atoms with Gasteiger partial charge < -0.3 is 15.0 Å². The minimum atomic E-state index is 0.656. The Balaban J connectivity index is 1.79. The molecular formula is C17H29N3O. The van der Waals surface area contributed by atoms with E-state index in [-0.39, 0.29) is 0 Å². The van der Waals surface area contributed by atoms with Gasteiger partial charge in [0.1, 0.15) is 5.75 Å². The van der Waals surface area contributed by atoms with Gasteiger partial charge in [-0.1, -0.05) is 13.8 Å². The summed E-state index contributed by atoms with van der Waals surface area (Å²) in [5.41, 5.74) is 1.15. The normalized spacial score (nSPS) is 19.3. The van der Waals surface area contributed by atoms with E-state index >= 15 is 0 Å². The van der Waals surface area contributed by atoms with Gasteiger partial charge in [-0.05, 0) is 51.4 Å². The number of pyridine rings is 1. The van der Waals surface area contributed by atoms with E-state index in [0.717, 1.165) is 37.4 Å². The summed E-state index contributed by atoms with van der Waals surface area (Å²) in [6, 6.07) is 2.67. The second-order valence-electron chi connectivity index (χ2n) is 6.42. The largest absolute Gasteiger partial charge is 0.493 e. The molecule has 1 N–H and O–H groups in total. The molecule has 118 valence electrons. The van der Waals surface area contributed by atoms with Crippen molar-refractivity contribution in [3.63, 3.8) is 0 Å². The Bertz CT molecular complexity index is 422. The first kappa shape index (κ1) is 16.2. The van der Waals surface area contributed by atoms with Crippen molar-refractivity contribution in [2.24, 2.45) is 5.92 Å². The van der Waals surface area contributed by atoms with Gasteiger partial charge in [-0.15, -0.1) is 0 Å². The van der Waals surface area contributed by atoms with E-state index in [1.54, 1.807) is 0 Å². The van der Waals surface area contributed by atoms with Gasteiger partial charge in [-0.25, -0.2) is 0 Å². The molecule has 0 aliphatic carbocycles. The predicted octanol–water partition coefficient (Wildman–Crippen LogP) is 2.69. The quantitative estimate of drug-likeness (QED) is 0.799. The van der Waals surface area contributed by atoms with Crippen molar-refractivity contribution < 1.29 is 4.74 Å². The van der Waals surface area contributed by atoms with Crippen LogP contribution < -0.4 is 10.1 Å². The van der Waals surface area contributed by atoms with Gasteiger partial charge in [0.05, 0.1) is 6.61 Å². The minimum absolute atomic E-state index is 0.656. The predicted molar refractivity (Wildman–Crippen MR) is 86.5 cm³/mol. The SMILES string of the molecule is CC(C)CNCc1cnccc1OCCC1CCCN1C. The summed E-state index contributed by atoms with van der Waals surface area (Å²) < 4.78 is 6.00. The van der Waals surface area contributed by atoms with E-state index in [1.807, 2.05) is 18.5 Å². The molecule has 1 aromatic heterocycles. The van der Waals surface area contributed by atoms with E-state index in [0.29, 0.717) is 12.0 Å². The molecule has 1 aliphatic rings. The van der Waals surface area contributed by atoms with E-state index in [2.05, 4.69) is 36.1 Å². The zero-order valence-corrected chi connectivity index (χ0v) is 13.6. The molecule has 2 rings (SSSR count). The van der Waals surface area contributed by atoms with Crippen molar-refractivity contribution >= 4 is 0 Å². The number of hydrogen-bond acceptors (Lipinski definition) is 4. The highest BCUT2D eigenvalue weighted by Crippen LogP contribution is 2.20. The number of hydrogen-bond donors (Lipinski definition) is 1. The average Bonchev–Trinajstić information content (AvgIpc) is 2.86. The van der Waals surface area contributed by atoms with Crippen LogP contribution in [-0.4, -0.2) is 42.7 Å². The Labute approximate surface area is 128 Å². The van der Waals surface area contributed by atoms with Crippen LogP contribution in [0, 0.1) is 5.92 Å². The highest BCUT2D eigenvalue weighted by Gasteiger charge is 2.20. The van der Waals surface area contributed by atoms with Crippen LogP contribution in [0.15, 0.2) is 18.5 Å². The molecule has 0 radical (unpaired) electrons. The first-order valence-corrected chi connectivity index (χ1v) is 8.13. The minimum Gasteiger partial charge on any atom is -0.493 e. The maximum Gasteiger partial charge on any atom is 0.126 e. The fourth-order valence-corrected chi connectivity index (χ4v) is 2.83. The van der Waals surface area contributed by atoms with Crippen molar-refractivity contribution in [2.45, 2.75) is 45.7 Å². The van der Waals surface area contributed by atoms with Gasteiger partial charge in [0.25, 0.3) is 0 Å². The van der Waals surface area contributed by atoms with Gasteiger partial charge in [-0.3, -0.25) is 4.98 Å². The summed E-state index contributed by atoms with van der Waals surface area (Å²) in [5.74, 6) is 1.63. The van der Waals surface area contributed by atoms with Crippen LogP contribution in [0.2, 0.25) is 0 Å². The van der Waals surface area contributed by atoms with Crippen molar-refractivity contribution in [3.05, 3.63) is 24.0 Å². The Morgan fingerprint density at radius 1 is 1.48 bits per heavy atom. The fraction of sp³-hybridized carbons (Fsp3) is 0.706. The molecule has 4 nitrogen and oxygen atoms in total. The van der Waals surface area contributed by atoms with Crippen LogP contribution in [-0.2, 0) is 6.54 Å². The molecule has 1 fully saturated rings. The first-order chi connectivity index (χ1) is 10.2. The fourth-order valence-electron chi connectivity index (χ4n) is 2.83. The monoisotopic (exact) mass is 291 g/mol. The number of aromatic nitrogens is 1. The molecule has 0 aromatic carbocycles. The highest BCUT2D eigenvalue weighted by molar-refractivity contribution is 5.29. The Morgan fingerprint density at radius 2 is 2.33 bits per heavy atom. The summed E-state index contributed by atoms with van der Waals surface area (Å²) in [6.07, 6.45) is 7.45. The summed E-state index contributed by atoms with van der Waals surface area (Å²) in [4.78, 5) is 6.66. The molecule has 1 atom stereocenters. The molecule has 4 heteroatoms. The number of rotatable bonds is 8. The summed E-state index contributed by atoms with van der Waals surface area (Å²) in [6.45, 7) is 8.28. The number of nitrogens with zero attached hydrogens (tertiary/aromatic N) is 2. The molecule has 1 aromatic rings. The number of likely N-dealkylation sites (tertiary alicyclic amines) is 1. The second kappa shape index (κ2) is 8.35. The van der Waals surface area contributed by atoms with Gasteiger partial charge in [0.15, 0.2) is 0 Å². The zero-order chi connectivity index (χ0) is 15.1. The number of ether oxygens (including phenoxy) is 1. The molecule has 0 bridgehead atoms. The lowest BCUT2D eigenvalue weighted by molar-refractivity contribution is 0.232. The third-order valence-corrected chi connectivity index (χ3v) is 4.11. The van der Waals surface area contributed by atoms with Gasteiger partial charge in [0.2, 0.25) is 0 Å². The van der Waals surface area contributed by atoms with Gasteiger partial charge in [0, 0.05) is 30.5 Å². The Hall–Kier alpha value is -1.13. The van der Waals surface area contributed by atoms with Gasteiger partial charge in [-0.2, -0.15) is 0 Å². The van der Waals surface area contributed by atoms with Crippen LogP contribution in [0.3, 0.4) is 0 Å². The van der Waals surface area contributed by atoms with E-state index < -0.39 is 0 Å². The molecule has 0 saturated carbocycles. The number of nitrogens with one attached hydrogen (secondary N) is 1. The van der Waals surface area contributed by atoms with Crippen molar-refractivity contribution in [1.82, 2.24) is 15.2 Å². The molecule has 0 amide bonds. The summed E-state index contributed by atoms with van der Waals surface area (Å²) in [5, 5.41) is 3.45. The maximum atomic E-state index is 6.00. The standard InChI is InChI=1S/C17H29N3O/c1-14(2)11-19-13-15-12-18-8-6-17(15)21-10-7-16-5-4-9-20(16)3/h6,8,12,14,16,19H,4-5,7,9-11,13H2,1-3H3. The van der Waals surface area contributed by atoms with Crippen molar-refractivity contribution in [1.29, 1.82) is 0 Å². The lowest BCUT2D eigenvalue weighted by atomic mass is 10.1. The first-order valence-electron chi connectivity index (χ1n) is 8.13. The molecule has 2 heterocycles. The molecular weight excluding hydrogens is 262 g/mol. The molecule has 1 unspecified atom stereocenters. The van der Waals surface area contributed by atoms with Gasteiger partial charge >= 0.3 is 0 Å². The maximum absolute atomic E-state index is 6.00. The van der Waals surface area contributed by atoms with E-state index in [9.17, 15) is 0 Å². The topological polar surface area (TPSA) is 37.4 Å². The van der Waals surface area contributed by atoms with Crippen LogP contribution in [0.1, 0.15) is 38.7 Å². The Morgan fingerprint density at radius 3 is 3.05 bits per heavy atom. The lowest BCUT2D eigenvalue weighted by Gasteiger charge is -2.20. The molecule has 21 heavy (non-hydrogen) atoms.